The van der Waals surface area contributed by atoms with Crippen molar-refractivity contribution in [2.45, 2.75) is 64.5 Å². The van der Waals surface area contributed by atoms with Gasteiger partial charge >= 0.3 is 0 Å². The summed E-state index contributed by atoms with van der Waals surface area (Å²) in [4.78, 5) is 11.7. The average molecular weight is 264 g/mol. The molecule has 0 aromatic carbocycles. The first-order valence-electron chi connectivity index (χ1n) is 8.00. The molecule has 4 bridgehead atoms. The van der Waals surface area contributed by atoms with Gasteiger partial charge < -0.3 is 10.6 Å². The molecule has 4 saturated carbocycles. The third-order valence-corrected chi connectivity index (χ3v) is 6.14. The maximum atomic E-state index is 11.7. The fraction of sp³-hybridized carbons (Fsp3) is 0.938. The lowest BCUT2D eigenvalue weighted by molar-refractivity contribution is -0.123. The summed E-state index contributed by atoms with van der Waals surface area (Å²) in [6, 6.07) is 0.390. The first-order valence-corrected chi connectivity index (χ1v) is 8.00. The smallest absolute Gasteiger partial charge is 0.236 e. The van der Waals surface area contributed by atoms with E-state index in [1.807, 2.05) is 6.92 Å². The second-order valence-corrected chi connectivity index (χ2v) is 7.50. The highest BCUT2D eigenvalue weighted by atomic mass is 16.2. The van der Waals surface area contributed by atoms with E-state index in [9.17, 15) is 4.79 Å². The molecular formula is C16H28N2O. The molecule has 3 heteroatoms. The standard InChI is InChI=1S/C16H28N2O/c1-10(15(19)17-3)18-11(2)16-7-12-4-13(8-16)6-14(5-12)9-16/h10-14,18H,4-9H2,1-3H3,(H,17,19)/t10-,11-,12?,13?,14?,16?/m0/s1. The molecule has 4 aliphatic rings. The van der Waals surface area contributed by atoms with E-state index in [0.717, 1.165) is 17.8 Å². The molecule has 0 aromatic heterocycles. The van der Waals surface area contributed by atoms with Gasteiger partial charge in [-0.1, -0.05) is 0 Å². The number of rotatable bonds is 4. The largest absolute Gasteiger partial charge is 0.358 e. The second-order valence-electron chi connectivity index (χ2n) is 7.50. The van der Waals surface area contributed by atoms with Crippen LogP contribution in [0, 0.1) is 23.2 Å². The van der Waals surface area contributed by atoms with Crippen LogP contribution in [0.15, 0.2) is 0 Å². The van der Waals surface area contributed by atoms with Crippen LogP contribution in [0.1, 0.15) is 52.4 Å². The number of hydrogen-bond acceptors (Lipinski definition) is 2. The molecule has 4 aliphatic carbocycles. The van der Waals surface area contributed by atoms with Gasteiger partial charge in [-0.3, -0.25) is 4.79 Å². The maximum absolute atomic E-state index is 11.7. The number of nitrogens with one attached hydrogen (secondary N) is 2. The lowest BCUT2D eigenvalue weighted by atomic mass is 9.48. The van der Waals surface area contributed by atoms with E-state index in [4.69, 9.17) is 0 Å². The van der Waals surface area contributed by atoms with E-state index in [-0.39, 0.29) is 11.9 Å². The SMILES string of the molecule is CNC(=O)[C@H](C)N[C@@H](C)C12CC3CC(CC(C3)C1)C2. The monoisotopic (exact) mass is 264 g/mol. The van der Waals surface area contributed by atoms with Gasteiger partial charge in [-0.25, -0.2) is 0 Å². The Balaban J connectivity index is 1.69. The van der Waals surface area contributed by atoms with Crippen molar-refractivity contribution in [2.24, 2.45) is 23.2 Å². The average Bonchev–Trinajstić information content (AvgIpc) is 2.36. The third kappa shape index (κ3) is 2.31. The van der Waals surface area contributed by atoms with E-state index in [1.54, 1.807) is 7.05 Å². The second kappa shape index (κ2) is 4.76. The Bertz CT molecular complexity index is 330. The fourth-order valence-corrected chi connectivity index (χ4v) is 5.55. The Labute approximate surface area is 116 Å². The molecule has 2 N–H and O–H groups in total. The van der Waals surface area contributed by atoms with Gasteiger partial charge in [0.2, 0.25) is 5.91 Å². The zero-order valence-corrected chi connectivity index (χ0v) is 12.5. The van der Waals surface area contributed by atoms with Gasteiger partial charge in [0.05, 0.1) is 6.04 Å². The van der Waals surface area contributed by atoms with Crippen LogP contribution in [0.25, 0.3) is 0 Å². The third-order valence-electron chi connectivity index (χ3n) is 6.14. The molecular weight excluding hydrogens is 236 g/mol. The van der Waals surface area contributed by atoms with Crippen LogP contribution in [0.5, 0.6) is 0 Å². The molecule has 2 atom stereocenters. The zero-order valence-electron chi connectivity index (χ0n) is 12.5. The fourth-order valence-electron chi connectivity index (χ4n) is 5.55. The van der Waals surface area contributed by atoms with Crippen molar-refractivity contribution in [1.29, 1.82) is 0 Å². The predicted molar refractivity (Wildman–Crippen MR) is 76.7 cm³/mol. The quantitative estimate of drug-likeness (QED) is 0.818. The molecule has 0 heterocycles. The predicted octanol–water partition coefficient (Wildman–Crippen LogP) is 2.32. The summed E-state index contributed by atoms with van der Waals surface area (Å²) >= 11 is 0. The summed E-state index contributed by atoms with van der Waals surface area (Å²) < 4.78 is 0. The summed E-state index contributed by atoms with van der Waals surface area (Å²) in [6.07, 6.45) is 8.64. The lowest BCUT2D eigenvalue weighted by Gasteiger charge is -2.59. The van der Waals surface area contributed by atoms with Crippen molar-refractivity contribution in [3.8, 4) is 0 Å². The van der Waals surface area contributed by atoms with Crippen molar-refractivity contribution in [1.82, 2.24) is 10.6 Å². The van der Waals surface area contributed by atoms with E-state index in [2.05, 4.69) is 17.6 Å². The number of carbonyl (C=O) groups is 1. The molecule has 4 rings (SSSR count). The summed E-state index contributed by atoms with van der Waals surface area (Å²) in [5.41, 5.74) is 0.483. The Morgan fingerprint density at radius 1 is 1.05 bits per heavy atom. The molecule has 0 radical (unpaired) electrons. The zero-order chi connectivity index (χ0) is 13.6. The Kier molecular flexibility index (Phi) is 3.36. The van der Waals surface area contributed by atoms with Crippen molar-refractivity contribution >= 4 is 5.91 Å². The summed E-state index contributed by atoms with van der Waals surface area (Å²) in [7, 11) is 1.72. The number of hydrogen-bond donors (Lipinski definition) is 2. The molecule has 4 fully saturated rings. The van der Waals surface area contributed by atoms with Gasteiger partial charge in [0.25, 0.3) is 0 Å². The molecule has 108 valence electrons. The van der Waals surface area contributed by atoms with Crippen LogP contribution < -0.4 is 10.6 Å². The van der Waals surface area contributed by atoms with Crippen molar-refractivity contribution in [3.05, 3.63) is 0 Å². The van der Waals surface area contributed by atoms with Gasteiger partial charge in [-0.15, -0.1) is 0 Å². The molecule has 19 heavy (non-hydrogen) atoms. The Morgan fingerprint density at radius 3 is 1.95 bits per heavy atom. The van der Waals surface area contributed by atoms with Gasteiger partial charge in [0, 0.05) is 13.1 Å². The minimum Gasteiger partial charge on any atom is -0.358 e. The Morgan fingerprint density at radius 2 is 1.53 bits per heavy atom. The highest BCUT2D eigenvalue weighted by Gasteiger charge is 2.53. The first kappa shape index (κ1) is 13.4. The van der Waals surface area contributed by atoms with Crippen molar-refractivity contribution in [2.75, 3.05) is 7.05 Å². The first-order chi connectivity index (χ1) is 9.02. The molecule has 1 amide bonds. The summed E-state index contributed by atoms with van der Waals surface area (Å²) in [5, 5.41) is 6.32. The highest BCUT2D eigenvalue weighted by Crippen LogP contribution is 2.61. The minimum absolute atomic E-state index is 0.0759. The van der Waals surface area contributed by atoms with Crippen LogP contribution >= 0.6 is 0 Å². The van der Waals surface area contributed by atoms with E-state index in [1.165, 1.54) is 38.5 Å². The minimum atomic E-state index is -0.0759. The number of amides is 1. The van der Waals surface area contributed by atoms with Gasteiger partial charge in [-0.2, -0.15) is 0 Å². The maximum Gasteiger partial charge on any atom is 0.236 e. The normalized spacial score (nSPS) is 43.0. The lowest BCUT2D eigenvalue weighted by Crippen LogP contribution is -2.57. The van der Waals surface area contributed by atoms with Crippen molar-refractivity contribution < 1.29 is 4.79 Å². The van der Waals surface area contributed by atoms with E-state index in [0.29, 0.717) is 11.5 Å². The van der Waals surface area contributed by atoms with Crippen LogP contribution in [0.2, 0.25) is 0 Å². The number of likely N-dealkylation sites (N-methyl/N-ethyl adjacent to an activating group) is 1. The highest BCUT2D eigenvalue weighted by molar-refractivity contribution is 5.80. The molecule has 3 nitrogen and oxygen atoms in total. The number of carbonyl (C=O) groups excluding carboxylic acids is 1. The van der Waals surface area contributed by atoms with Gasteiger partial charge in [-0.05, 0) is 75.5 Å². The van der Waals surface area contributed by atoms with Crippen LogP contribution in [0.3, 0.4) is 0 Å². The van der Waals surface area contributed by atoms with Crippen LogP contribution in [-0.4, -0.2) is 25.0 Å². The molecule has 0 spiro atoms. The molecule has 0 saturated heterocycles. The van der Waals surface area contributed by atoms with Crippen molar-refractivity contribution in [3.63, 3.8) is 0 Å². The Hall–Kier alpha value is -0.570. The summed E-state index contributed by atoms with van der Waals surface area (Å²) in [6.45, 7) is 4.29. The van der Waals surface area contributed by atoms with Gasteiger partial charge in [0.1, 0.15) is 0 Å². The van der Waals surface area contributed by atoms with E-state index < -0.39 is 0 Å². The topological polar surface area (TPSA) is 41.1 Å². The molecule has 0 unspecified atom stereocenters. The van der Waals surface area contributed by atoms with Gasteiger partial charge in [0.15, 0.2) is 0 Å². The molecule has 0 aliphatic heterocycles. The van der Waals surface area contributed by atoms with Crippen LogP contribution in [-0.2, 0) is 4.79 Å². The van der Waals surface area contributed by atoms with E-state index >= 15 is 0 Å². The summed E-state index contributed by atoms with van der Waals surface area (Å²) in [5.74, 6) is 3.04. The van der Waals surface area contributed by atoms with Crippen LogP contribution in [0.4, 0.5) is 0 Å². The molecule has 0 aromatic rings.